The van der Waals surface area contributed by atoms with E-state index in [1.54, 1.807) is 6.92 Å². The van der Waals surface area contributed by atoms with Crippen LogP contribution in [0.4, 0.5) is 0 Å². The van der Waals surface area contributed by atoms with Gasteiger partial charge in [-0.05, 0) is 12.5 Å². The van der Waals surface area contributed by atoms with Gasteiger partial charge in [-0.2, -0.15) is 0 Å². The number of aromatic hydroxyl groups is 1. The number of hydrogen-bond acceptors (Lipinski definition) is 3. The largest absolute Gasteiger partial charge is 0.506 e. The number of halogens is 2. The summed E-state index contributed by atoms with van der Waals surface area (Å²) in [5.74, 6) is -0.632. The van der Waals surface area contributed by atoms with Crippen LogP contribution >= 0.6 is 23.2 Å². The van der Waals surface area contributed by atoms with E-state index >= 15 is 0 Å². The number of aromatic nitrogens is 1. The van der Waals surface area contributed by atoms with E-state index in [9.17, 15) is 9.90 Å². The molecule has 0 saturated heterocycles. The highest BCUT2D eigenvalue weighted by Gasteiger charge is 2.20. The van der Waals surface area contributed by atoms with Crippen LogP contribution in [0.15, 0.2) is 6.07 Å². The van der Waals surface area contributed by atoms with Gasteiger partial charge in [-0.1, -0.05) is 23.2 Å². The van der Waals surface area contributed by atoms with Crippen LogP contribution in [-0.4, -0.2) is 23.2 Å². The molecule has 0 amide bonds. The molecule has 0 radical (unpaired) electrons. The first-order chi connectivity index (χ1) is 7.97. The van der Waals surface area contributed by atoms with Gasteiger partial charge in [-0.25, -0.2) is 4.79 Å². The molecule has 0 unspecified atom stereocenters. The Morgan fingerprint density at radius 1 is 1.41 bits per heavy atom. The lowest BCUT2D eigenvalue weighted by Gasteiger charge is -2.01. The van der Waals surface area contributed by atoms with Gasteiger partial charge in [-0.3, -0.25) is 0 Å². The molecule has 0 fully saturated rings. The molecule has 0 aliphatic rings. The summed E-state index contributed by atoms with van der Waals surface area (Å²) < 4.78 is 4.64. The molecule has 0 aliphatic heterocycles. The third-order valence-electron chi connectivity index (χ3n) is 2.59. The maximum absolute atomic E-state index is 11.5. The lowest BCUT2D eigenvalue weighted by atomic mass is 10.1. The fraction of sp³-hybridized carbons (Fsp3) is 0.182. The smallest absolute Gasteiger partial charge is 0.354 e. The van der Waals surface area contributed by atoms with Crippen molar-refractivity contribution < 1.29 is 14.6 Å². The number of benzene rings is 1. The van der Waals surface area contributed by atoms with E-state index in [0.29, 0.717) is 22.2 Å². The first-order valence-corrected chi connectivity index (χ1v) is 5.50. The first-order valence-electron chi connectivity index (χ1n) is 4.75. The number of esters is 1. The molecule has 17 heavy (non-hydrogen) atoms. The maximum Gasteiger partial charge on any atom is 0.354 e. The predicted octanol–water partition coefficient (Wildman–Crippen LogP) is 3.28. The molecule has 2 aromatic rings. The van der Waals surface area contributed by atoms with Crippen LogP contribution in [0, 0.1) is 6.92 Å². The van der Waals surface area contributed by atoms with Gasteiger partial charge in [-0.15, -0.1) is 0 Å². The van der Waals surface area contributed by atoms with E-state index in [4.69, 9.17) is 23.2 Å². The van der Waals surface area contributed by atoms with Gasteiger partial charge < -0.3 is 14.8 Å². The minimum absolute atomic E-state index is 0.0673. The third-order valence-corrected chi connectivity index (χ3v) is 3.44. The van der Waals surface area contributed by atoms with Crippen molar-refractivity contribution in [3.8, 4) is 5.75 Å². The average Bonchev–Trinajstić information content (AvgIpc) is 2.62. The molecular formula is C11H9Cl2NO3. The first kappa shape index (κ1) is 12.1. The van der Waals surface area contributed by atoms with Crippen molar-refractivity contribution in [2.24, 2.45) is 0 Å². The van der Waals surface area contributed by atoms with Gasteiger partial charge in [0.15, 0.2) is 0 Å². The summed E-state index contributed by atoms with van der Waals surface area (Å²) in [7, 11) is 1.29. The Bertz CT molecular complexity index is 619. The topological polar surface area (TPSA) is 62.3 Å². The summed E-state index contributed by atoms with van der Waals surface area (Å²) in [5.41, 5.74) is 1.47. The Kier molecular flexibility index (Phi) is 2.93. The number of phenolic OH excluding ortho intramolecular Hbond substituents is 1. The molecule has 0 aliphatic carbocycles. The zero-order chi connectivity index (χ0) is 12.7. The molecule has 2 rings (SSSR count). The van der Waals surface area contributed by atoms with Crippen LogP contribution in [0.1, 0.15) is 16.1 Å². The van der Waals surface area contributed by atoms with Crippen molar-refractivity contribution in [2.45, 2.75) is 6.92 Å². The number of carbonyl (C=O) groups excluding carboxylic acids is 1. The standard InChI is InChI=1S/C11H9Cl2NO3/c1-4-7-5(14-10(4)11(16)17-2)3-6(15)8(12)9(7)13/h3,14-15H,1-2H3. The molecular weight excluding hydrogens is 265 g/mol. The lowest BCUT2D eigenvalue weighted by Crippen LogP contribution is -2.02. The minimum atomic E-state index is -0.495. The van der Waals surface area contributed by atoms with E-state index in [1.165, 1.54) is 13.2 Å². The summed E-state index contributed by atoms with van der Waals surface area (Å²) in [5, 5.41) is 10.4. The second-order valence-electron chi connectivity index (χ2n) is 3.56. The van der Waals surface area contributed by atoms with Crippen molar-refractivity contribution in [3.05, 3.63) is 27.4 Å². The second kappa shape index (κ2) is 4.13. The Hall–Kier alpha value is -1.39. The molecule has 1 heterocycles. The lowest BCUT2D eigenvalue weighted by molar-refractivity contribution is 0.0594. The zero-order valence-electron chi connectivity index (χ0n) is 9.10. The molecule has 1 aromatic heterocycles. The number of ether oxygens (including phenoxy) is 1. The summed E-state index contributed by atoms with van der Waals surface area (Å²) in [6.07, 6.45) is 0. The number of fused-ring (bicyclic) bond motifs is 1. The van der Waals surface area contributed by atoms with Gasteiger partial charge in [0.2, 0.25) is 0 Å². The predicted molar refractivity (Wildman–Crippen MR) is 66.1 cm³/mol. The van der Waals surface area contributed by atoms with Gasteiger partial charge in [0.25, 0.3) is 0 Å². The Morgan fingerprint density at radius 3 is 2.65 bits per heavy atom. The van der Waals surface area contributed by atoms with Crippen molar-refractivity contribution >= 4 is 40.1 Å². The SMILES string of the molecule is COC(=O)c1[nH]c2cc(O)c(Cl)c(Cl)c2c1C. The van der Waals surface area contributed by atoms with Gasteiger partial charge in [0.05, 0.1) is 17.6 Å². The number of H-pyrrole nitrogens is 1. The fourth-order valence-corrected chi connectivity index (χ4v) is 2.23. The fourth-order valence-electron chi connectivity index (χ4n) is 1.74. The van der Waals surface area contributed by atoms with Crippen molar-refractivity contribution in [3.63, 3.8) is 0 Å². The molecule has 1 aromatic carbocycles. The van der Waals surface area contributed by atoms with Gasteiger partial charge in [0.1, 0.15) is 16.5 Å². The van der Waals surface area contributed by atoms with E-state index in [1.807, 2.05) is 0 Å². The Labute approximate surface area is 107 Å². The van der Waals surface area contributed by atoms with E-state index in [0.717, 1.165) is 0 Å². The molecule has 2 N–H and O–H groups in total. The Morgan fingerprint density at radius 2 is 2.06 bits per heavy atom. The molecule has 0 saturated carbocycles. The summed E-state index contributed by atoms with van der Waals surface area (Å²) in [6.45, 7) is 1.73. The monoisotopic (exact) mass is 273 g/mol. The quantitative estimate of drug-likeness (QED) is 0.784. The number of methoxy groups -OCH3 is 1. The van der Waals surface area contributed by atoms with Crippen LogP contribution in [-0.2, 0) is 4.74 Å². The summed E-state index contributed by atoms with van der Waals surface area (Å²) in [6, 6.07) is 1.42. The number of carbonyl (C=O) groups is 1. The zero-order valence-corrected chi connectivity index (χ0v) is 10.6. The van der Waals surface area contributed by atoms with E-state index in [2.05, 4.69) is 9.72 Å². The summed E-state index contributed by atoms with van der Waals surface area (Å²) >= 11 is 11.9. The van der Waals surface area contributed by atoms with Gasteiger partial charge in [0, 0.05) is 11.5 Å². The number of rotatable bonds is 1. The molecule has 90 valence electrons. The van der Waals surface area contributed by atoms with Crippen molar-refractivity contribution in [2.75, 3.05) is 7.11 Å². The second-order valence-corrected chi connectivity index (χ2v) is 4.32. The molecule has 4 nitrogen and oxygen atoms in total. The van der Waals surface area contributed by atoms with Gasteiger partial charge >= 0.3 is 5.97 Å². The van der Waals surface area contributed by atoms with Crippen LogP contribution in [0.3, 0.4) is 0 Å². The van der Waals surface area contributed by atoms with Crippen LogP contribution < -0.4 is 0 Å². The summed E-state index contributed by atoms with van der Waals surface area (Å²) in [4.78, 5) is 14.3. The molecule has 0 bridgehead atoms. The highest BCUT2D eigenvalue weighted by atomic mass is 35.5. The maximum atomic E-state index is 11.5. The highest BCUT2D eigenvalue weighted by molar-refractivity contribution is 6.46. The minimum Gasteiger partial charge on any atom is -0.506 e. The average molecular weight is 274 g/mol. The number of phenols is 1. The number of hydrogen-bond donors (Lipinski definition) is 2. The Balaban J connectivity index is 2.83. The normalized spacial score (nSPS) is 10.8. The molecule has 0 atom stereocenters. The highest BCUT2D eigenvalue weighted by Crippen LogP contribution is 2.40. The van der Waals surface area contributed by atoms with Crippen LogP contribution in [0.25, 0.3) is 10.9 Å². The van der Waals surface area contributed by atoms with Crippen LogP contribution in [0.2, 0.25) is 10.0 Å². The van der Waals surface area contributed by atoms with E-state index < -0.39 is 5.97 Å². The van der Waals surface area contributed by atoms with Crippen molar-refractivity contribution in [1.82, 2.24) is 4.98 Å². The van der Waals surface area contributed by atoms with E-state index in [-0.39, 0.29) is 15.8 Å². The number of aryl methyl sites for hydroxylation is 1. The molecule has 0 spiro atoms. The third kappa shape index (κ3) is 1.73. The number of aromatic amines is 1. The molecule has 6 heteroatoms. The van der Waals surface area contributed by atoms with Crippen molar-refractivity contribution in [1.29, 1.82) is 0 Å². The number of nitrogens with one attached hydrogen (secondary N) is 1. The van der Waals surface area contributed by atoms with Crippen LogP contribution in [0.5, 0.6) is 5.75 Å².